The van der Waals surface area contributed by atoms with Gasteiger partial charge in [-0.3, -0.25) is 34.7 Å². The Hall–Kier alpha value is -5.13. The van der Waals surface area contributed by atoms with Crippen LogP contribution in [0.1, 0.15) is 66.0 Å². The number of non-ortho nitro benzene ring substituents is 2. The summed E-state index contributed by atoms with van der Waals surface area (Å²) in [6.07, 6.45) is -4.51. The van der Waals surface area contributed by atoms with Gasteiger partial charge in [-0.15, -0.1) is 0 Å². The Balaban J connectivity index is 1.75. The molecule has 1 aliphatic heterocycles. The minimum absolute atomic E-state index is 0.145. The highest BCUT2D eigenvalue weighted by atomic mass is 32.2. The highest BCUT2D eigenvalue weighted by Gasteiger charge is 2.58. The summed E-state index contributed by atoms with van der Waals surface area (Å²) >= 11 is 0.921. The number of esters is 1. The third kappa shape index (κ3) is 12.2. The molecule has 1 fully saturated rings. The van der Waals surface area contributed by atoms with Gasteiger partial charge in [0, 0.05) is 35.6 Å². The van der Waals surface area contributed by atoms with Gasteiger partial charge in [0.05, 0.1) is 40.1 Å². The molecule has 4 rings (SSSR count). The summed E-state index contributed by atoms with van der Waals surface area (Å²) in [6, 6.07) is 18.4. The fourth-order valence-electron chi connectivity index (χ4n) is 5.83. The van der Waals surface area contributed by atoms with Crippen molar-refractivity contribution < 1.29 is 56.8 Å². The molecule has 1 heterocycles. The zero-order chi connectivity index (χ0) is 42.7. The normalized spacial score (nSPS) is 15.8. The van der Waals surface area contributed by atoms with Crippen LogP contribution in [0.3, 0.4) is 0 Å². The van der Waals surface area contributed by atoms with Crippen LogP contribution in [0.25, 0.3) is 0 Å². The number of β-lactam (4-membered cyclic amide) rings is 1. The minimum atomic E-state index is -4.05. The second-order valence-corrected chi connectivity index (χ2v) is 17.0. The maximum Gasteiger partial charge on any atom is 0.508 e. The number of nitro benzene ring substituents is 2. The van der Waals surface area contributed by atoms with E-state index in [1.165, 1.54) is 55.5 Å². The Morgan fingerprint density at radius 3 is 1.64 bits per heavy atom. The average molecular weight is 844 g/mol. The second-order valence-electron chi connectivity index (χ2n) is 13.9. The van der Waals surface area contributed by atoms with E-state index in [0.29, 0.717) is 16.0 Å². The molecular formula is C39H46N3O14PS. The van der Waals surface area contributed by atoms with Crippen LogP contribution < -0.4 is 0 Å². The van der Waals surface area contributed by atoms with Crippen molar-refractivity contribution in [2.75, 3.05) is 0 Å². The molecule has 0 N–H and O–H groups in total. The molecule has 0 unspecified atom stereocenters. The van der Waals surface area contributed by atoms with Crippen molar-refractivity contribution in [2.45, 2.75) is 103 Å². The van der Waals surface area contributed by atoms with Crippen molar-refractivity contribution in [2.24, 2.45) is 5.92 Å². The van der Waals surface area contributed by atoms with Gasteiger partial charge in [0.1, 0.15) is 19.3 Å². The molecule has 1 amide bonds. The van der Waals surface area contributed by atoms with Crippen molar-refractivity contribution in [3.05, 3.63) is 110 Å². The van der Waals surface area contributed by atoms with E-state index in [1.807, 2.05) is 0 Å². The molecular weight excluding hydrogens is 797 g/mol. The Labute approximate surface area is 339 Å². The van der Waals surface area contributed by atoms with E-state index < -0.39 is 77.2 Å². The van der Waals surface area contributed by atoms with Crippen LogP contribution in [0.2, 0.25) is 0 Å². The molecule has 3 aromatic carbocycles. The Morgan fingerprint density at radius 1 is 0.724 bits per heavy atom. The number of hydrogen-bond acceptors (Lipinski definition) is 15. The Morgan fingerprint density at radius 2 is 1.19 bits per heavy atom. The number of hydrogen-bond donors (Lipinski definition) is 0. The van der Waals surface area contributed by atoms with Crippen LogP contribution in [0.15, 0.2) is 83.8 Å². The lowest BCUT2D eigenvalue weighted by molar-refractivity contribution is -0.385. The van der Waals surface area contributed by atoms with Gasteiger partial charge < -0.3 is 27.8 Å². The summed E-state index contributed by atoms with van der Waals surface area (Å²) < 4.78 is 35.7. The number of nitro groups is 2. The first-order chi connectivity index (χ1) is 27.4. The molecule has 58 heavy (non-hydrogen) atoms. The highest BCUT2D eigenvalue weighted by molar-refractivity contribution is 8.13. The molecule has 0 saturated carbocycles. The molecule has 17 nitrogen and oxygen atoms in total. The SMILES string of the molecule is CC(C)OP(OC(C)C)(OC(C)C)=C(C(=O)OCc1ccc([N+](=O)[O-])cc1)N1C(=O)[C@H]([C@@H](C)OC(=O)OCc2ccc([N+](=O)[O-])cc2)[C@H]1CC(=O)Sc1ccccc1. The maximum absolute atomic E-state index is 14.5. The lowest BCUT2D eigenvalue weighted by atomic mass is 9.81. The molecule has 312 valence electrons. The number of rotatable bonds is 19. The van der Waals surface area contributed by atoms with Crippen molar-refractivity contribution >= 4 is 59.3 Å². The lowest BCUT2D eigenvalue weighted by Gasteiger charge is -2.50. The third-order valence-corrected chi connectivity index (χ3v) is 12.1. The largest absolute Gasteiger partial charge is 0.508 e. The van der Waals surface area contributed by atoms with Crippen molar-refractivity contribution in [1.29, 1.82) is 0 Å². The van der Waals surface area contributed by atoms with E-state index in [9.17, 15) is 39.4 Å². The zero-order valence-corrected chi connectivity index (χ0v) is 34.7. The molecule has 1 aliphatic rings. The number of carbonyl (C=O) groups excluding carboxylic acids is 4. The summed E-state index contributed by atoms with van der Waals surface area (Å²) in [6.45, 7) is 10.9. The van der Waals surface area contributed by atoms with Crippen LogP contribution >= 0.6 is 19.3 Å². The third-order valence-electron chi connectivity index (χ3n) is 8.15. The van der Waals surface area contributed by atoms with Crippen molar-refractivity contribution in [1.82, 2.24) is 4.90 Å². The molecule has 0 bridgehead atoms. The van der Waals surface area contributed by atoms with E-state index in [2.05, 4.69) is 0 Å². The van der Waals surface area contributed by atoms with E-state index in [1.54, 1.807) is 71.9 Å². The summed E-state index contributed by atoms with van der Waals surface area (Å²) in [4.78, 5) is 78.5. The smallest absolute Gasteiger partial charge is 0.456 e. The monoisotopic (exact) mass is 843 g/mol. The van der Waals surface area contributed by atoms with Gasteiger partial charge >= 0.3 is 12.1 Å². The van der Waals surface area contributed by atoms with Gasteiger partial charge in [-0.2, -0.15) is 0 Å². The van der Waals surface area contributed by atoms with Gasteiger partial charge in [0.15, 0.2) is 5.12 Å². The van der Waals surface area contributed by atoms with Gasteiger partial charge in [-0.25, -0.2) is 9.59 Å². The predicted octanol–water partition coefficient (Wildman–Crippen LogP) is 7.99. The zero-order valence-electron chi connectivity index (χ0n) is 33.0. The Bertz CT molecular complexity index is 1980. The van der Waals surface area contributed by atoms with Gasteiger partial charge in [0.25, 0.3) is 18.9 Å². The second kappa shape index (κ2) is 20.5. The lowest BCUT2D eigenvalue weighted by Crippen LogP contribution is -2.68. The van der Waals surface area contributed by atoms with Crippen LogP contribution in [0.5, 0.6) is 0 Å². The number of likely N-dealkylation sites (tertiary alicyclic amines) is 1. The summed E-state index contributed by atoms with van der Waals surface area (Å²) in [5.41, 5.74) is 0.109. The molecule has 0 radical (unpaired) electrons. The highest BCUT2D eigenvalue weighted by Crippen LogP contribution is 2.58. The van der Waals surface area contributed by atoms with Gasteiger partial charge in [0.2, 0.25) is 11.3 Å². The summed E-state index contributed by atoms with van der Waals surface area (Å²) in [5, 5.41) is 21.8. The number of thioether (sulfide) groups is 1. The number of benzene rings is 3. The first kappa shape index (κ1) is 45.6. The minimum Gasteiger partial charge on any atom is -0.456 e. The standard InChI is InChI=1S/C39H46N3O14PS/c1-24(2)54-57(55-25(3)4,56-26(5)6)37(38(45)51-22-28-13-17-30(18-14-28)41(47)48)40-33(21-34(43)58-32-11-9-8-10-12-32)35(36(40)44)27(7)53-39(46)52-23-29-15-19-31(20-16-29)42(49)50/h8-20,24-27,33,35H,21-23H2,1-7H3/t27-,33-,35-/m1/s1. The quantitative estimate of drug-likeness (QED) is 0.0279. The first-order valence-corrected chi connectivity index (χ1v) is 20.6. The van der Waals surface area contributed by atoms with Crippen LogP contribution in [-0.2, 0) is 55.4 Å². The van der Waals surface area contributed by atoms with Crippen molar-refractivity contribution in [3.63, 3.8) is 0 Å². The van der Waals surface area contributed by atoms with Crippen LogP contribution in [0.4, 0.5) is 16.2 Å². The number of nitrogens with zero attached hydrogens (tertiary/aromatic N) is 3. The maximum atomic E-state index is 14.5. The van der Waals surface area contributed by atoms with Crippen LogP contribution in [0, 0.1) is 26.1 Å². The molecule has 3 aromatic rings. The number of ether oxygens (including phenoxy) is 3. The fourth-order valence-corrected chi connectivity index (χ4v) is 9.56. The van der Waals surface area contributed by atoms with Gasteiger partial charge in [-0.05, 0) is 96.0 Å². The van der Waals surface area contributed by atoms with Crippen LogP contribution in [-0.4, -0.2) is 73.8 Å². The molecule has 0 spiro atoms. The van der Waals surface area contributed by atoms with Gasteiger partial charge in [-0.1, -0.05) is 30.0 Å². The Kier molecular flexibility index (Phi) is 16.1. The van der Waals surface area contributed by atoms with E-state index >= 15 is 0 Å². The number of amides is 1. The first-order valence-electron chi connectivity index (χ1n) is 18.3. The molecule has 3 atom stereocenters. The summed E-state index contributed by atoms with van der Waals surface area (Å²) in [5.74, 6) is -2.97. The number of carbonyl (C=O) groups is 4. The van der Waals surface area contributed by atoms with E-state index in [-0.39, 0.29) is 36.1 Å². The molecule has 1 saturated heterocycles. The molecule has 0 aliphatic carbocycles. The van der Waals surface area contributed by atoms with E-state index in [0.717, 1.165) is 16.7 Å². The molecule has 19 heteroatoms. The predicted molar refractivity (Wildman–Crippen MR) is 213 cm³/mol. The summed E-state index contributed by atoms with van der Waals surface area (Å²) in [7, 11) is -4.05. The van der Waals surface area contributed by atoms with E-state index in [4.69, 9.17) is 27.8 Å². The fraction of sp³-hybridized carbons (Fsp3) is 0.410. The average Bonchev–Trinajstić information content (AvgIpc) is 3.14. The van der Waals surface area contributed by atoms with Crippen molar-refractivity contribution in [3.8, 4) is 0 Å². The molecule has 0 aromatic heterocycles. The topological polar surface area (TPSA) is 213 Å².